The van der Waals surface area contributed by atoms with Crippen LogP contribution in [0.15, 0.2) is 12.3 Å². The predicted molar refractivity (Wildman–Crippen MR) is 98.6 cm³/mol. The number of carbonyl (C=O) groups is 1. The van der Waals surface area contributed by atoms with Crippen LogP contribution in [-0.4, -0.2) is 40.5 Å². The van der Waals surface area contributed by atoms with Gasteiger partial charge in [0.1, 0.15) is 12.9 Å². The Bertz CT molecular complexity index is 480. The third kappa shape index (κ3) is 3.63. The third-order valence-corrected chi connectivity index (χ3v) is 7.85. The second kappa shape index (κ2) is 7.30. The van der Waals surface area contributed by atoms with E-state index in [0.717, 1.165) is 25.9 Å². The second-order valence-corrected chi connectivity index (χ2v) is 14.7. The SMILES string of the molecule is COCO[C@H]1C(=O)[C@@]2(/C=C\OCCC[Si](C)(C)C)CC[C@H]1C2(C)C. The minimum absolute atomic E-state index is 0.0966. The molecule has 4 nitrogen and oxygen atoms in total. The molecule has 3 atom stereocenters. The number of hydrogen-bond acceptors (Lipinski definition) is 4. The van der Waals surface area contributed by atoms with Crippen LogP contribution in [0.1, 0.15) is 33.1 Å². The molecule has 0 aromatic heterocycles. The summed E-state index contributed by atoms with van der Waals surface area (Å²) in [7, 11) is 0.589. The van der Waals surface area contributed by atoms with Crippen molar-refractivity contribution in [3.63, 3.8) is 0 Å². The van der Waals surface area contributed by atoms with Crippen LogP contribution in [0.25, 0.3) is 0 Å². The fourth-order valence-corrected chi connectivity index (χ4v) is 5.64. The highest BCUT2D eigenvalue weighted by Gasteiger charge is 2.68. The van der Waals surface area contributed by atoms with E-state index in [-0.39, 0.29) is 30.0 Å². The van der Waals surface area contributed by atoms with Gasteiger partial charge in [0.15, 0.2) is 5.78 Å². The third-order valence-electron chi connectivity index (χ3n) is 5.99. The Morgan fingerprint density at radius 2 is 2.00 bits per heavy atom. The Hall–Kier alpha value is -0.653. The zero-order chi connectivity index (χ0) is 18.0. The lowest BCUT2D eigenvalue weighted by atomic mass is 9.69. The van der Waals surface area contributed by atoms with Gasteiger partial charge in [-0.05, 0) is 36.7 Å². The summed E-state index contributed by atoms with van der Waals surface area (Å²) in [4.78, 5) is 13.0. The van der Waals surface area contributed by atoms with Crippen molar-refractivity contribution in [2.24, 2.45) is 16.7 Å². The Balaban J connectivity index is 1.97. The summed E-state index contributed by atoms with van der Waals surface area (Å²) in [5.41, 5.74) is -0.546. The van der Waals surface area contributed by atoms with Crippen molar-refractivity contribution in [3.8, 4) is 0 Å². The molecule has 0 heterocycles. The lowest BCUT2D eigenvalue weighted by Crippen LogP contribution is -2.37. The van der Waals surface area contributed by atoms with Gasteiger partial charge in [-0.25, -0.2) is 0 Å². The van der Waals surface area contributed by atoms with E-state index in [0.29, 0.717) is 0 Å². The molecule has 0 radical (unpaired) electrons. The molecule has 0 aromatic rings. The van der Waals surface area contributed by atoms with Gasteiger partial charge in [0, 0.05) is 15.2 Å². The Morgan fingerprint density at radius 3 is 2.62 bits per heavy atom. The molecule has 2 fully saturated rings. The first-order chi connectivity index (χ1) is 11.2. The summed E-state index contributed by atoms with van der Waals surface area (Å²) < 4.78 is 16.4. The highest BCUT2D eigenvalue weighted by molar-refractivity contribution is 6.76. The lowest BCUT2D eigenvalue weighted by Gasteiger charge is -2.33. The Morgan fingerprint density at radius 1 is 1.29 bits per heavy atom. The number of ether oxygens (including phenoxy) is 3. The molecule has 0 aliphatic heterocycles. The molecule has 2 aliphatic rings. The molecule has 0 amide bonds. The lowest BCUT2D eigenvalue weighted by molar-refractivity contribution is -0.146. The van der Waals surface area contributed by atoms with E-state index >= 15 is 0 Å². The molecule has 0 N–H and O–H groups in total. The van der Waals surface area contributed by atoms with Gasteiger partial charge in [-0.1, -0.05) is 39.5 Å². The van der Waals surface area contributed by atoms with Gasteiger partial charge < -0.3 is 14.2 Å². The van der Waals surface area contributed by atoms with Crippen molar-refractivity contribution in [2.75, 3.05) is 20.5 Å². The van der Waals surface area contributed by atoms with Gasteiger partial charge in [-0.15, -0.1) is 0 Å². The van der Waals surface area contributed by atoms with E-state index in [1.165, 1.54) is 6.04 Å². The van der Waals surface area contributed by atoms with Gasteiger partial charge in [0.2, 0.25) is 0 Å². The average Bonchev–Trinajstić information content (AvgIpc) is 2.82. The van der Waals surface area contributed by atoms with Crippen molar-refractivity contribution >= 4 is 13.9 Å². The molecular weight excluding hydrogens is 320 g/mol. The van der Waals surface area contributed by atoms with Gasteiger partial charge >= 0.3 is 0 Å². The summed E-state index contributed by atoms with van der Waals surface area (Å²) in [5, 5.41) is 0. The van der Waals surface area contributed by atoms with Crippen LogP contribution in [-0.2, 0) is 19.0 Å². The number of carbonyl (C=O) groups excluding carboxylic acids is 1. The summed E-state index contributed by atoms with van der Waals surface area (Å²) in [5.74, 6) is 0.458. The van der Waals surface area contributed by atoms with Crippen molar-refractivity contribution in [3.05, 3.63) is 12.3 Å². The number of Topliss-reactive ketones (excluding diaryl/α,β-unsaturated/α-hetero) is 1. The minimum Gasteiger partial charge on any atom is -0.502 e. The van der Waals surface area contributed by atoms with Gasteiger partial charge in [-0.3, -0.25) is 4.79 Å². The van der Waals surface area contributed by atoms with Crippen LogP contribution >= 0.6 is 0 Å². The van der Waals surface area contributed by atoms with E-state index < -0.39 is 13.5 Å². The second-order valence-electron chi connectivity index (χ2n) is 9.03. The Labute approximate surface area is 147 Å². The zero-order valence-electron chi connectivity index (χ0n) is 16.2. The van der Waals surface area contributed by atoms with E-state index in [4.69, 9.17) is 14.2 Å². The van der Waals surface area contributed by atoms with Crippen LogP contribution < -0.4 is 0 Å². The summed E-state index contributed by atoms with van der Waals surface area (Å²) >= 11 is 0. The fraction of sp³-hybridized carbons (Fsp3) is 0.842. The maximum atomic E-state index is 13.0. The molecule has 2 bridgehead atoms. The van der Waals surface area contributed by atoms with Crippen molar-refractivity contribution in [1.29, 1.82) is 0 Å². The van der Waals surface area contributed by atoms with Crippen LogP contribution in [0.4, 0.5) is 0 Å². The first-order valence-corrected chi connectivity index (χ1v) is 12.8. The maximum absolute atomic E-state index is 13.0. The van der Waals surface area contributed by atoms with Crippen LogP contribution in [0.2, 0.25) is 25.7 Å². The van der Waals surface area contributed by atoms with Crippen molar-refractivity contribution < 1.29 is 19.0 Å². The zero-order valence-corrected chi connectivity index (χ0v) is 17.2. The molecule has 5 heteroatoms. The van der Waals surface area contributed by atoms with E-state index in [1.54, 1.807) is 13.4 Å². The highest BCUT2D eigenvalue weighted by atomic mass is 28.3. The summed E-state index contributed by atoms with van der Waals surface area (Å²) in [6.07, 6.45) is 6.45. The summed E-state index contributed by atoms with van der Waals surface area (Å²) in [6, 6.07) is 1.27. The maximum Gasteiger partial charge on any atom is 0.172 e. The molecule has 0 unspecified atom stereocenters. The van der Waals surface area contributed by atoms with Crippen LogP contribution in [0.3, 0.4) is 0 Å². The molecule has 2 saturated carbocycles. The molecule has 0 spiro atoms. The molecule has 2 aliphatic carbocycles. The van der Waals surface area contributed by atoms with Crippen LogP contribution in [0, 0.1) is 16.7 Å². The largest absolute Gasteiger partial charge is 0.502 e. The highest BCUT2D eigenvalue weighted by Crippen LogP contribution is 2.65. The van der Waals surface area contributed by atoms with E-state index in [2.05, 4.69) is 33.5 Å². The standard InChI is InChI=1S/C19H34O4Si/c1-18(2)15-8-9-19(18,17(20)16(15)23-14-21-3)10-12-22-11-7-13-24(4,5)6/h10,12,15-16H,7-9,11,13-14H2,1-6H3/b12-10-/t15-,16-,19+/m1/s1. The number of allylic oxidation sites excluding steroid dienone is 1. The Kier molecular flexibility index (Phi) is 5.98. The van der Waals surface area contributed by atoms with Gasteiger partial charge in [0.05, 0.1) is 18.3 Å². The molecular formula is C19H34O4Si. The monoisotopic (exact) mass is 354 g/mol. The first-order valence-electron chi connectivity index (χ1n) is 9.10. The van der Waals surface area contributed by atoms with Crippen LogP contribution in [0.5, 0.6) is 0 Å². The molecule has 0 saturated heterocycles. The number of ketones is 1. The number of rotatable bonds is 9. The smallest absolute Gasteiger partial charge is 0.172 e. The predicted octanol–water partition coefficient (Wildman–Crippen LogP) is 4.24. The number of hydrogen-bond donors (Lipinski definition) is 0. The van der Waals surface area contributed by atoms with Crippen molar-refractivity contribution in [1.82, 2.24) is 0 Å². The number of fused-ring (bicyclic) bond motifs is 2. The topological polar surface area (TPSA) is 44.8 Å². The van der Waals surface area contributed by atoms with Crippen molar-refractivity contribution in [2.45, 2.75) is 64.9 Å². The molecule has 2 rings (SSSR count). The first kappa shape index (κ1) is 19.7. The normalized spacial score (nSPS) is 32.0. The van der Waals surface area contributed by atoms with Gasteiger partial charge in [0.25, 0.3) is 0 Å². The van der Waals surface area contributed by atoms with E-state index in [9.17, 15) is 4.79 Å². The number of methoxy groups -OCH3 is 1. The average molecular weight is 355 g/mol. The van der Waals surface area contributed by atoms with E-state index in [1.807, 2.05) is 6.08 Å². The quantitative estimate of drug-likeness (QED) is 0.269. The molecule has 0 aromatic carbocycles. The minimum atomic E-state index is -1.00. The molecule has 24 heavy (non-hydrogen) atoms. The molecule has 138 valence electrons. The summed E-state index contributed by atoms with van der Waals surface area (Å²) in [6.45, 7) is 12.4. The fourth-order valence-electron chi connectivity index (χ4n) is 4.44. The van der Waals surface area contributed by atoms with Gasteiger partial charge in [-0.2, -0.15) is 0 Å².